The van der Waals surface area contributed by atoms with E-state index in [1.54, 1.807) is 21.9 Å². The van der Waals surface area contributed by atoms with E-state index < -0.39 is 16.3 Å². The first kappa shape index (κ1) is 30.8. The summed E-state index contributed by atoms with van der Waals surface area (Å²) in [6.45, 7) is 35.1. The Labute approximate surface area is 254 Å². The zero-order valence-corrected chi connectivity index (χ0v) is 30.6. The molecule has 3 aliphatic rings. The largest absolute Gasteiger partial charge is 0.314 e. The molecule has 0 spiro atoms. The predicted octanol–water partition coefficient (Wildman–Crippen LogP) is 9.99. The van der Waals surface area contributed by atoms with E-state index in [1.165, 1.54) is 11.1 Å². The molecule has 0 heterocycles. The molecule has 0 bridgehead atoms. The van der Waals surface area contributed by atoms with Crippen LogP contribution in [0.1, 0.15) is 84.9 Å². The fraction of sp³-hybridized carbons (Fsp3) is 0.579. The fourth-order valence-electron chi connectivity index (χ4n) is 10.3. The summed E-state index contributed by atoms with van der Waals surface area (Å²) in [6.07, 6.45) is 5.58. The maximum atomic E-state index is 2.98. The van der Waals surface area contributed by atoms with E-state index >= 15 is 0 Å². The molecule has 3 heteroatoms. The normalized spacial score (nSPS) is 27.7. The van der Waals surface area contributed by atoms with Crippen molar-refractivity contribution in [3.63, 3.8) is 0 Å². The Morgan fingerprint density at radius 3 is 1.88 bits per heavy atom. The summed E-state index contributed by atoms with van der Waals surface area (Å²) in [5.74, 6) is 2.25. The maximum Gasteiger partial charge on any atom is 0.127 e. The molecule has 5 atom stereocenters. The molecule has 5 unspecified atom stereocenters. The van der Waals surface area contributed by atoms with E-state index in [9.17, 15) is 0 Å². The third kappa shape index (κ3) is 4.92. The first-order chi connectivity index (χ1) is 18.7. The second kappa shape index (κ2) is 9.66. The second-order valence-corrected chi connectivity index (χ2v) is 27.1. The van der Waals surface area contributed by atoms with Crippen molar-refractivity contribution < 1.29 is 0 Å². The molecule has 222 valence electrons. The fourth-order valence-corrected chi connectivity index (χ4v) is 18.0. The Morgan fingerprint density at radius 1 is 0.756 bits per heavy atom. The highest BCUT2D eigenvalue weighted by Crippen LogP contribution is 2.65. The van der Waals surface area contributed by atoms with Gasteiger partial charge in [0, 0.05) is 16.5 Å². The molecule has 0 saturated heterocycles. The number of allylic oxidation sites excluding steroid dienone is 4. The summed E-state index contributed by atoms with van der Waals surface area (Å²) in [7, 11) is -3.35. The SMILES string of the molecule is CC1C(c2ccccc2)C2C=C3C(=CC2C1[Si](C)(C)N(C(C)(C)C)C(C)(C)C)c1ccc([Si](C)(C)C)cc1C3(C)C. The molecule has 0 N–H and O–H groups in total. The van der Waals surface area contributed by atoms with Gasteiger partial charge in [0.25, 0.3) is 0 Å². The lowest BCUT2D eigenvalue weighted by Crippen LogP contribution is -2.67. The predicted molar refractivity (Wildman–Crippen MR) is 186 cm³/mol. The molecule has 0 aromatic heterocycles. The zero-order chi connectivity index (χ0) is 30.5. The van der Waals surface area contributed by atoms with E-state index in [4.69, 9.17) is 0 Å². The summed E-state index contributed by atoms with van der Waals surface area (Å²) < 4.78 is 2.98. The van der Waals surface area contributed by atoms with Crippen LogP contribution in [0.2, 0.25) is 38.3 Å². The van der Waals surface area contributed by atoms with E-state index in [1.807, 2.05) is 0 Å². The van der Waals surface area contributed by atoms with Crippen LogP contribution in [0.25, 0.3) is 5.57 Å². The minimum absolute atomic E-state index is 0.0418. The molecule has 1 nitrogen and oxygen atoms in total. The van der Waals surface area contributed by atoms with Gasteiger partial charge in [-0.15, -0.1) is 0 Å². The monoisotopic (exact) mass is 583 g/mol. The molecule has 0 radical (unpaired) electrons. The van der Waals surface area contributed by atoms with Crippen molar-refractivity contribution in [3.8, 4) is 0 Å². The minimum Gasteiger partial charge on any atom is -0.314 e. The van der Waals surface area contributed by atoms with Crippen LogP contribution in [0.3, 0.4) is 0 Å². The average molecular weight is 584 g/mol. The van der Waals surface area contributed by atoms with Gasteiger partial charge in [0.2, 0.25) is 0 Å². The zero-order valence-electron chi connectivity index (χ0n) is 28.6. The smallest absolute Gasteiger partial charge is 0.127 e. The highest BCUT2D eigenvalue weighted by atomic mass is 28.3. The minimum atomic E-state index is -1.96. The van der Waals surface area contributed by atoms with Crippen molar-refractivity contribution in [3.05, 3.63) is 82.9 Å². The molecular formula is C38H57NSi2. The molecule has 0 aliphatic heterocycles. The van der Waals surface area contributed by atoms with Gasteiger partial charge in [0.15, 0.2) is 0 Å². The Hall–Kier alpha value is -1.69. The van der Waals surface area contributed by atoms with Gasteiger partial charge < -0.3 is 4.57 Å². The third-order valence-electron chi connectivity index (χ3n) is 10.9. The Kier molecular flexibility index (Phi) is 7.25. The highest BCUT2D eigenvalue weighted by molar-refractivity contribution is 6.88. The third-order valence-corrected chi connectivity index (χ3v) is 17.9. The summed E-state index contributed by atoms with van der Waals surface area (Å²) in [6, 6.07) is 19.0. The quantitative estimate of drug-likeness (QED) is 0.324. The van der Waals surface area contributed by atoms with E-state index in [0.29, 0.717) is 29.2 Å². The average Bonchev–Trinajstić information content (AvgIpc) is 3.23. The van der Waals surface area contributed by atoms with E-state index in [-0.39, 0.29) is 16.5 Å². The van der Waals surface area contributed by atoms with Crippen LogP contribution in [-0.4, -0.2) is 32.0 Å². The highest BCUT2D eigenvalue weighted by Gasteiger charge is 2.59. The van der Waals surface area contributed by atoms with Gasteiger partial charge >= 0.3 is 0 Å². The summed E-state index contributed by atoms with van der Waals surface area (Å²) in [5, 5.41) is 1.58. The topological polar surface area (TPSA) is 3.24 Å². The lowest BCUT2D eigenvalue weighted by molar-refractivity contribution is 0.121. The van der Waals surface area contributed by atoms with Crippen LogP contribution >= 0.6 is 0 Å². The van der Waals surface area contributed by atoms with Crippen LogP contribution in [0.5, 0.6) is 0 Å². The van der Waals surface area contributed by atoms with Crippen molar-refractivity contribution in [2.75, 3.05) is 0 Å². The number of hydrogen-bond acceptors (Lipinski definition) is 1. The van der Waals surface area contributed by atoms with Crippen molar-refractivity contribution in [1.29, 1.82) is 0 Å². The summed E-state index contributed by atoms with van der Waals surface area (Å²) in [5.41, 5.74) is 8.65. The summed E-state index contributed by atoms with van der Waals surface area (Å²) >= 11 is 0. The second-order valence-electron chi connectivity index (χ2n) is 17.6. The Balaban J connectivity index is 1.72. The van der Waals surface area contributed by atoms with Crippen molar-refractivity contribution in [2.24, 2.45) is 17.8 Å². The first-order valence-corrected chi connectivity index (χ1v) is 22.7. The lowest BCUT2D eigenvalue weighted by Gasteiger charge is -2.57. The molecular weight excluding hydrogens is 527 g/mol. The van der Waals surface area contributed by atoms with Crippen molar-refractivity contribution >= 4 is 27.1 Å². The van der Waals surface area contributed by atoms with Gasteiger partial charge in [-0.25, -0.2) is 0 Å². The maximum absolute atomic E-state index is 2.98. The lowest BCUT2D eigenvalue weighted by atomic mass is 9.73. The Bertz CT molecular complexity index is 1360. The molecule has 1 saturated carbocycles. The van der Waals surface area contributed by atoms with Gasteiger partial charge in [-0.3, -0.25) is 0 Å². The van der Waals surface area contributed by atoms with Gasteiger partial charge in [0.05, 0.1) is 8.07 Å². The number of fused-ring (bicyclic) bond motifs is 4. The van der Waals surface area contributed by atoms with Gasteiger partial charge in [0.1, 0.15) is 8.24 Å². The molecule has 3 aliphatic carbocycles. The number of nitrogens with zero attached hydrogens (tertiary/aromatic N) is 1. The number of benzene rings is 2. The molecule has 0 amide bonds. The van der Waals surface area contributed by atoms with Crippen LogP contribution in [0.15, 0.2) is 66.3 Å². The number of rotatable bonds is 4. The van der Waals surface area contributed by atoms with Crippen LogP contribution < -0.4 is 5.19 Å². The van der Waals surface area contributed by atoms with Gasteiger partial charge in [-0.05, 0) is 98.6 Å². The van der Waals surface area contributed by atoms with E-state index in [0.717, 1.165) is 0 Å². The molecule has 41 heavy (non-hydrogen) atoms. The molecule has 5 rings (SSSR count). The van der Waals surface area contributed by atoms with Gasteiger partial charge in [-0.1, -0.05) is 119 Å². The standard InChI is InChI=1S/C38H57NSi2/c1-25-34(26-18-16-15-17-19-26)30-24-33-29(28-21-20-27(40(10,11)12)22-32(28)38(33,8)9)23-31(30)35(25)41(13,14)39(36(2,3)4)37(5,6)7/h15-25,30-31,34-35H,1-14H3. The van der Waals surface area contributed by atoms with Crippen molar-refractivity contribution in [1.82, 2.24) is 4.57 Å². The van der Waals surface area contributed by atoms with Gasteiger partial charge in [-0.2, -0.15) is 0 Å². The molecule has 1 fully saturated rings. The Morgan fingerprint density at radius 2 is 1.34 bits per heavy atom. The van der Waals surface area contributed by atoms with Crippen molar-refractivity contribution in [2.45, 2.75) is 123 Å². The first-order valence-electron chi connectivity index (χ1n) is 16.1. The molecule has 2 aromatic rings. The van der Waals surface area contributed by atoms with Crippen LogP contribution in [-0.2, 0) is 5.41 Å². The summed E-state index contributed by atoms with van der Waals surface area (Å²) in [4.78, 5) is 0. The molecule has 2 aromatic carbocycles. The van der Waals surface area contributed by atoms with Crippen LogP contribution in [0, 0.1) is 17.8 Å². The van der Waals surface area contributed by atoms with E-state index in [2.05, 4.69) is 160 Å². The van der Waals surface area contributed by atoms with Crippen LogP contribution in [0.4, 0.5) is 0 Å². The number of hydrogen-bond donors (Lipinski definition) is 0.